The van der Waals surface area contributed by atoms with E-state index in [9.17, 15) is 4.79 Å². The number of thiazole rings is 1. The number of hydrogen-bond acceptors (Lipinski definition) is 7. The molecular weight excluding hydrogens is 378 g/mol. The van der Waals surface area contributed by atoms with Gasteiger partial charge >= 0.3 is 0 Å². The minimum atomic E-state index is -0.0233. The first kappa shape index (κ1) is 18.8. The van der Waals surface area contributed by atoms with E-state index in [2.05, 4.69) is 25.2 Å². The lowest BCUT2D eigenvalue weighted by Crippen LogP contribution is -2.56. The van der Waals surface area contributed by atoms with Crippen LogP contribution < -0.4 is 5.32 Å². The topological polar surface area (TPSA) is 71.0 Å². The van der Waals surface area contributed by atoms with Crippen molar-refractivity contribution in [2.24, 2.45) is 0 Å². The molecule has 4 rings (SSSR count). The Hall–Kier alpha value is -1.51. The number of amides is 1. The standard InChI is InChI=1S/C19H25N5OS2/c1-14-15(27-18(23-14)16-20-7-4-8-21-16)17(25)22-13-19(5-2-3-6-19)24-9-11-26-12-10-24/h4,7-8H,2-3,5-6,9-13H2,1H3,(H,22,25). The van der Waals surface area contributed by atoms with Crippen molar-refractivity contribution in [2.75, 3.05) is 31.1 Å². The van der Waals surface area contributed by atoms with Crippen molar-refractivity contribution in [3.8, 4) is 10.8 Å². The van der Waals surface area contributed by atoms with Crippen molar-refractivity contribution >= 4 is 29.0 Å². The van der Waals surface area contributed by atoms with Gasteiger partial charge in [0.15, 0.2) is 10.8 Å². The number of nitrogens with one attached hydrogen (secondary N) is 1. The molecule has 0 aromatic carbocycles. The van der Waals surface area contributed by atoms with Crippen LogP contribution in [0, 0.1) is 6.92 Å². The van der Waals surface area contributed by atoms with Crippen LogP contribution in [0.2, 0.25) is 0 Å². The number of hydrogen-bond donors (Lipinski definition) is 1. The number of aryl methyl sites for hydroxylation is 1. The third-order valence-corrected chi connectivity index (χ3v) is 7.65. The maximum absolute atomic E-state index is 12.9. The molecule has 0 atom stereocenters. The summed E-state index contributed by atoms with van der Waals surface area (Å²) in [6.45, 7) is 4.88. The Balaban J connectivity index is 1.46. The van der Waals surface area contributed by atoms with E-state index >= 15 is 0 Å². The molecular formula is C19H25N5OS2. The highest BCUT2D eigenvalue weighted by Crippen LogP contribution is 2.36. The van der Waals surface area contributed by atoms with Crippen LogP contribution in [0.4, 0.5) is 0 Å². The van der Waals surface area contributed by atoms with Gasteiger partial charge < -0.3 is 5.32 Å². The van der Waals surface area contributed by atoms with Crippen molar-refractivity contribution in [1.82, 2.24) is 25.2 Å². The van der Waals surface area contributed by atoms with E-state index in [4.69, 9.17) is 0 Å². The van der Waals surface area contributed by atoms with E-state index in [1.165, 1.54) is 48.5 Å². The molecule has 6 nitrogen and oxygen atoms in total. The molecule has 1 aliphatic heterocycles. The molecule has 2 aliphatic rings. The Kier molecular flexibility index (Phi) is 5.75. The van der Waals surface area contributed by atoms with Crippen molar-refractivity contribution in [2.45, 2.75) is 38.1 Å². The molecule has 0 radical (unpaired) electrons. The number of rotatable bonds is 5. The summed E-state index contributed by atoms with van der Waals surface area (Å²) in [6.07, 6.45) is 8.27. The third-order valence-electron chi connectivity index (χ3n) is 5.55. The zero-order valence-corrected chi connectivity index (χ0v) is 17.2. The largest absolute Gasteiger partial charge is 0.349 e. The molecule has 1 aliphatic carbocycles. The monoisotopic (exact) mass is 403 g/mol. The fourth-order valence-electron chi connectivity index (χ4n) is 4.11. The zero-order valence-electron chi connectivity index (χ0n) is 15.6. The number of thioether (sulfide) groups is 1. The molecule has 8 heteroatoms. The number of nitrogens with zero attached hydrogens (tertiary/aromatic N) is 4. The molecule has 0 bridgehead atoms. The van der Waals surface area contributed by atoms with Gasteiger partial charge in [-0.1, -0.05) is 12.8 Å². The van der Waals surface area contributed by atoms with Crippen LogP contribution >= 0.6 is 23.1 Å². The highest BCUT2D eigenvalue weighted by Gasteiger charge is 2.40. The van der Waals surface area contributed by atoms with Gasteiger partial charge in [-0.2, -0.15) is 11.8 Å². The van der Waals surface area contributed by atoms with E-state index < -0.39 is 0 Å². The summed E-state index contributed by atoms with van der Waals surface area (Å²) < 4.78 is 0. The summed E-state index contributed by atoms with van der Waals surface area (Å²) in [6, 6.07) is 1.78. The molecule has 2 aromatic heterocycles. The van der Waals surface area contributed by atoms with Gasteiger partial charge in [0.1, 0.15) is 4.88 Å². The van der Waals surface area contributed by atoms with Crippen molar-refractivity contribution in [1.29, 1.82) is 0 Å². The van der Waals surface area contributed by atoms with Gasteiger partial charge in [0.2, 0.25) is 0 Å². The SMILES string of the molecule is Cc1nc(-c2ncccn2)sc1C(=O)NCC1(N2CCSCC2)CCCC1. The van der Waals surface area contributed by atoms with Gasteiger partial charge in [-0.25, -0.2) is 15.0 Å². The van der Waals surface area contributed by atoms with Crippen molar-refractivity contribution in [3.63, 3.8) is 0 Å². The maximum atomic E-state index is 12.9. The van der Waals surface area contributed by atoms with E-state index in [1.54, 1.807) is 18.5 Å². The summed E-state index contributed by atoms with van der Waals surface area (Å²) in [4.78, 5) is 29.2. The Bertz CT molecular complexity index is 783. The first-order valence-electron chi connectivity index (χ1n) is 9.54. The molecule has 1 N–H and O–H groups in total. The van der Waals surface area contributed by atoms with Gasteiger partial charge in [-0.15, -0.1) is 11.3 Å². The van der Waals surface area contributed by atoms with Crippen LogP contribution in [0.15, 0.2) is 18.5 Å². The molecule has 1 saturated heterocycles. The molecule has 1 amide bonds. The van der Waals surface area contributed by atoms with Crippen LogP contribution in [0.25, 0.3) is 10.8 Å². The lowest BCUT2D eigenvalue weighted by atomic mass is 9.94. The average Bonchev–Trinajstić information content (AvgIpc) is 3.35. The normalized spacial score (nSPS) is 19.9. The lowest BCUT2D eigenvalue weighted by Gasteiger charge is -2.43. The Morgan fingerprint density at radius 1 is 1.22 bits per heavy atom. The smallest absolute Gasteiger partial charge is 0.263 e. The quantitative estimate of drug-likeness (QED) is 0.828. The lowest BCUT2D eigenvalue weighted by molar-refractivity contribution is 0.0820. The van der Waals surface area contributed by atoms with Crippen molar-refractivity contribution < 1.29 is 4.79 Å². The summed E-state index contributed by atoms with van der Waals surface area (Å²) in [5.41, 5.74) is 0.885. The van der Waals surface area contributed by atoms with Crippen LogP contribution in [-0.4, -0.2) is 62.4 Å². The second-order valence-electron chi connectivity index (χ2n) is 7.22. The predicted octanol–water partition coefficient (Wildman–Crippen LogP) is 3.00. The zero-order chi connectivity index (χ0) is 18.7. The highest BCUT2D eigenvalue weighted by atomic mass is 32.2. The third kappa shape index (κ3) is 4.02. The average molecular weight is 404 g/mol. The van der Waals surface area contributed by atoms with Gasteiger partial charge in [-0.05, 0) is 25.8 Å². The Morgan fingerprint density at radius 2 is 1.93 bits per heavy atom. The first-order chi connectivity index (χ1) is 13.2. The van der Waals surface area contributed by atoms with Gasteiger partial charge in [0.05, 0.1) is 5.69 Å². The molecule has 144 valence electrons. The van der Waals surface area contributed by atoms with Crippen LogP contribution in [-0.2, 0) is 0 Å². The second kappa shape index (κ2) is 8.24. The second-order valence-corrected chi connectivity index (χ2v) is 9.44. The van der Waals surface area contributed by atoms with E-state index in [0.717, 1.165) is 25.3 Å². The highest BCUT2D eigenvalue weighted by molar-refractivity contribution is 7.99. The molecule has 2 aromatic rings. The van der Waals surface area contributed by atoms with Crippen LogP contribution in [0.1, 0.15) is 41.0 Å². The minimum Gasteiger partial charge on any atom is -0.349 e. The molecule has 0 spiro atoms. The Morgan fingerprint density at radius 3 is 2.63 bits per heavy atom. The van der Waals surface area contributed by atoms with E-state index in [1.807, 2.05) is 18.7 Å². The fourth-order valence-corrected chi connectivity index (χ4v) is 5.95. The number of aromatic nitrogens is 3. The molecule has 0 unspecified atom stereocenters. The fraction of sp³-hybridized carbons (Fsp3) is 0.579. The van der Waals surface area contributed by atoms with E-state index in [0.29, 0.717) is 15.7 Å². The number of carbonyl (C=O) groups is 1. The van der Waals surface area contributed by atoms with Gasteiger partial charge in [0.25, 0.3) is 5.91 Å². The van der Waals surface area contributed by atoms with Crippen molar-refractivity contribution in [3.05, 3.63) is 29.0 Å². The van der Waals surface area contributed by atoms with Crippen LogP contribution in [0.3, 0.4) is 0 Å². The molecule has 1 saturated carbocycles. The van der Waals surface area contributed by atoms with Gasteiger partial charge in [0, 0.05) is 49.1 Å². The van der Waals surface area contributed by atoms with Crippen LogP contribution in [0.5, 0.6) is 0 Å². The van der Waals surface area contributed by atoms with E-state index in [-0.39, 0.29) is 11.4 Å². The summed E-state index contributed by atoms with van der Waals surface area (Å²) >= 11 is 3.41. The summed E-state index contributed by atoms with van der Waals surface area (Å²) in [5, 5.41) is 3.92. The van der Waals surface area contributed by atoms with Gasteiger partial charge in [-0.3, -0.25) is 9.69 Å². The first-order valence-corrected chi connectivity index (χ1v) is 11.5. The predicted molar refractivity (Wildman–Crippen MR) is 110 cm³/mol. The summed E-state index contributed by atoms with van der Waals surface area (Å²) in [5.74, 6) is 2.95. The summed E-state index contributed by atoms with van der Waals surface area (Å²) in [7, 11) is 0. The molecule has 3 heterocycles. The molecule has 27 heavy (non-hydrogen) atoms. The maximum Gasteiger partial charge on any atom is 0.263 e. The Labute approximate surface area is 168 Å². The minimum absolute atomic E-state index is 0.0233. The molecule has 2 fully saturated rings. The number of carbonyl (C=O) groups excluding carboxylic acids is 1.